The lowest BCUT2D eigenvalue weighted by Gasteiger charge is -2.48. The van der Waals surface area contributed by atoms with Gasteiger partial charge in [0.2, 0.25) is 0 Å². The molecule has 0 unspecified atom stereocenters. The van der Waals surface area contributed by atoms with Crippen LogP contribution in [0, 0.1) is 10.8 Å². The number of aliphatic hydroxyl groups excluding tert-OH is 2. The summed E-state index contributed by atoms with van der Waals surface area (Å²) in [5.41, 5.74) is -2.45. The molecule has 1 aliphatic heterocycles. The zero-order valence-electron chi connectivity index (χ0n) is 17.4. The highest BCUT2D eigenvalue weighted by molar-refractivity contribution is 5.05. The molecule has 9 nitrogen and oxygen atoms in total. The Kier molecular flexibility index (Phi) is 6.28. The first-order valence-electron chi connectivity index (χ1n) is 9.36. The lowest BCUT2D eigenvalue weighted by molar-refractivity contribution is -0.319. The number of nitrogens with one attached hydrogen (secondary N) is 1. The van der Waals surface area contributed by atoms with E-state index in [1.54, 1.807) is 0 Å². The van der Waals surface area contributed by atoms with Gasteiger partial charge in [-0.3, -0.25) is 14.3 Å². The Bertz CT molecular complexity index is 786. The fourth-order valence-corrected chi connectivity index (χ4v) is 3.63. The summed E-state index contributed by atoms with van der Waals surface area (Å²) in [4.78, 5) is 26.7. The number of hydrogen-bond donors (Lipinski definition) is 4. The molecular weight excluding hydrogens is 368 g/mol. The molecule has 3 atom stereocenters. The Morgan fingerprint density at radius 1 is 1.21 bits per heavy atom. The molecule has 1 aliphatic rings. The zero-order chi connectivity index (χ0) is 21.5. The molecule has 0 aliphatic carbocycles. The van der Waals surface area contributed by atoms with Gasteiger partial charge in [0.15, 0.2) is 5.79 Å². The van der Waals surface area contributed by atoms with E-state index in [2.05, 4.69) is 4.98 Å². The molecular formula is C19H32N2O7. The van der Waals surface area contributed by atoms with Gasteiger partial charge in [-0.2, -0.15) is 0 Å². The molecule has 2 rings (SSSR count). The molecule has 1 saturated heterocycles. The summed E-state index contributed by atoms with van der Waals surface area (Å²) in [6.07, 6.45) is -1.12. The van der Waals surface area contributed by atoms with Crippen molar-refractivity contribution in [1.29, 1.82) is 0 Å². The molecule has 28 heavy (non-hydrogen) atoms. The van der Waals surface area contributed by atoms with Gasteiger partial charge < -0.3 is 24.8 Å². The smallest absolute Gasteiger partial charge is 0.330 e. The van der Waals surface area contributed by atoms with Crippen LogP contribution in [0.5, 0.6) is 0 Å². The zero-order valence-corrected chi connectivity index (χ0v) is 17.4. The van der Waals surface area contributed by atoms with Crippen LogP contribution in [0.25, 0.3) is 0 Å². The van der Waals surface area contributed by atoms with E-state index in [0.717, 1.165) is 4.57 Å². The van der Waals surface area contributed by atoms with Crippen LogP contribution in [-0.4, -0.2) is 49.5 Å². The van der Waals surface area contributed by atoms with Gasteiger partial charge in [0.05, 0.1) is 24.9 Å². The van der Waals surface area contributed by atoms with Crippen molar-refractivity contribution in [2.24, 2.45) is 10.8 Å². The van der Waals surface area contributed by atoms with E-state index in [1.165, 1.54) is 6.20 Å². The van der Waals surface area contributed by atoms with Crippen LogP contribution < -0.4 is 11.2 Å². The highest BCUT2D eigenvalue weighted by Gasteiger charge is 2.50. The van der Waals surface area contributed by atoms with Crippen LogP contribution in [0.3, 0.4) is 0 Å². The minimum Gasteiger partial charge on any atom is -0.394 e. The highest BCUT2D eigenvalue weighted by Crippen LogP contribution is 2.45. The largest absolute Gasteiger partial charge is 0.394 e. The standard InChI is InChI=1S/C19H32N2O7/c1-17(2,3)19(26,18(4,5)6)27-10-11-8-21(16(25)20-15(11)24)14-7-12(23)13(9-22)28-14/h8,12-14,22-23,26H,7,9-10H2,1-6H3,(H,20,24,25)/t12-,13+,14+/m0/s1. The van der Waals surface area contributed by atoms with Gasteiger partial charge in [-0.1, -0.05) is 41.5 Å². The molecule has 1 aromatic rings. The number of ether oxygens (including phenoxy) is 2. The molecule has 4 N–H and O–H groups in total. The van der Waals surface area contributed by atoms with Gasteiger partial charge in [-0.25, -0.2) is 4.79 Å². The molecule has 0 bridgehead atoms. The lowest BCUT2D eigenvalue weighted by Crippen LogP contribution is -2.55. The quantitative estimate of drug-likeness (QED) is 0.528. The van der Waals surface area contributed by atoms with E-state index in [-0.39, 0.29) is 25.2 Å². The van der Waals surface area contributed by atoms with Gasteiger partial charge >= 0.3 is 5.69 Å². The molecule has 0 amide bonds. The summed E-state index contributed by atoms with van der Waals surface area (Å²) < 4.78 is 12.5. The fraction of sp³-hybridized carbons (Fsp3) is 0.789. The second kappa shape index (κ2) is 7.72. The maximum atomic E-state index is 12.2. The second-order valence-electron chi connectivity index (χ2n) is 9.37. The third-order valence-electron chi connectivity index (χ3n) is 5.21. The van der Waals surface area contributed by atoms with E-state index in [1.807, 2.05) is 41.5 Å². The lowest BCUT2D eigenvalue weighted by atomic mass is 9.70. The normalized spacial score (nSPS) is 24.0. The SMILES string of the molecule is CC(C)(C)C(O)(OCc1cn([C@H]2C[C@H](O)[C@@H](CO)O2)c(=O)[nH]c1=O)C(C)(C)C. The van der Waals surface area contributed by atoms with Crippen LogP contribution in [0.2, 0.25) is 0 Å². The molecule has 1 fully saturated rings. The Labute approximate surface area is 163 Å². The van der Waals surface area contributed by atoms with Crippen LogP contribution in [0.15, 0.2) is 15.8 Å². The molecule has 0 saturated carbocycles. The topological polar surface area (TPSA) is 134 Å². The van der Waals surface area contributed by atoms with Gasteiger partial charge in [0.25, 0.3) is 5.56 Å². The number of aliphatic hydroxyl groups is 3. The van der Waals surface area contributed by atoms with E-state index in [0.29, 0.717) is 0 Å². The Hall–Kier alpha value is -1.52. The van der Waals surface area contributed by atoms with Crippen molar-refractivity contribution in [3.63, 3.8) is 0 Å². The van der Waals surface area contributed by atoms with E-state index < -0.39 is 46.3 Å². The van der Waals surface area contributed by atoms with Crippen molar-refractivity contribution in [3.8, 4) is 0 Å². The molecule has 0 aromatic carbocycles. The average Bonchev–Trinajstić information content (AvgIpc) is 2.92. The van der Waals surface area contributed by atoms with Crippen molar-refractivity contribution >= 4 is 0 Å². The molecule has 2 heterocycles. The first-order valence-corrected chi connectivity index (χ1v) is 9.36. The molecule has 0 spiro atoms. The van der Waals surface area contributed by atoms with E-state index in [4.69, 9.17) is 9.47 Å². The maximum Gasteiger partial charge on any atom is 0.330 e. The van der Waals surface area contributed by atoms with Crippen molar-refractivity contribution in [1.82, 2.24) is 9.55 Å². The third kappa shape index (κ3) is 4.23. The minimum absolute atomic E-state index is 0.103. The summed E-state index contributed by atoms with van der Waals surface area (Å²) in [5, 5.41) is 30.3. The Balaban J connectivity index is 2.33. The summed E-state index contributed by atoms with van der Waals surface area (Å²) in [7, 11) is 0. The second-order valence-corrected chi connectivity index (χ2v) is 9.37. The molecule has 0 radical (unpaired) electrons. The minimum atomic E-state index is -1.55. The number of aromatic amines is 1. The molecule has 160 valence electrons. The van der Waals surface area contributed by atoms with Gasteiger partial charge in [0, 0.05) is 23.4 Å². The number of nitrogens with zero attached hydrogens (tertiary/aromatic N) is 1. The summed E-state index contributed by atoms with van der Waals surface area (Å²) in [6.45, 7) is 10.4. The van der Waals surface area contributed by atoms with Gasteiger partial charge in [0.1, 0.15) is 12.3 Å². The third-order valence-corrected chi connectivity index (χ3v) is 5.21. The fourth-order valence-electron chi connectivity index (χ4n) is 3.63. The predicted molar refractivity (Wildman–Crippen MR) is 102 cm³/mol. The first-order chi connectivity index (χ1) is 12.7. The van der Waals surface area contributed by atoms with Gasteiger partial charge in [-0.05, 0) is 0 Å². The van der Waals surface area contributed by atoms with Crippen LogP contribution >= 0.6 is 0 Å². The highest BCUT2D eigenvalue weighted by atomic mass is 16.6. The van der Waals surface area contributed by atoms with Crippen LogP contribution in [0.1, 0.15) is 59.8 Å². The van der Waals surface area contributed by atoms with E-state index >= 15 is 0 Å². The number of aromatic nitrogens is 2. The van der Waals surface area contributed by atoms with E-state index in [9.17, 15) is 24.9 Å². The maximum absolute atomic E-state index is 12.2. The van der Waals surface area contributed by atoms with Crippen molar-refractivity contribution < 1.29 is 24.8 Å². The summed E-state index contributed by atoms with van der Waals surface area (Å²) >= 11 is 0. The predicted octanol–water partition coefficient (Wildman–Crippen LogP) is 0.475. The number of rotatable bonds is 5. The number of H-pyrrole nitrogens is 1. The van der Waals surface area contributed by atoms with Crippen LogP contribution in [-0.2, 0) is 16.1 Å². The molecule has 1 aromatic heterocycles. The molecule has 9 heteroatoms. The van der Waals surface area contributed by atoms with Crippen molar-refractivity contribution in [3.05, 3.63) is 32.6 Å². The van der Waals surface area contributed by atoms with Crippen molar-refractivity contribution in [2.45, 2.75) is 78.8 Å². The number of hydrogen-bond acceptors (Lipinski definition) is 7. The van der Waals surface area contributed by atoms with Gasteiger partial charge in [-0.15, -0.1) is 0 Å². The monoisotopic (exact) mass is 400 g/mol. The first kappa shape index (κ1) is 22.8. The van der Waals surface area contributed by atoms with Crippen LogP contribution in [0.4, 0.5) is 0 Å². The summed E-state index contributed by atoms with van der Waals surface area (Å²) in [5.74, 6) is -1.55. The Morgan fingerprint density at radius 2 is 1.79 bits per heavy atom. The average molecular weight is 400 g/mol. The Morgan fingerprint density at radius 3 is 2.25 bits per heavy atom. The summed E-state index contributed by atoms with van der Waals surface area (Å²) in [6, 6.07) is 0. The van der Waals surface area contributed by atoms with Crippen molar-refractivity contribution in [2.75, 3.05) is 6.61 Å².